The summed E-state index contributed by atoms with van der Waals surface area (Å²) < 4.78 is 47.2. The Morgan fingerprint density at radius 2 is 1.30 bits per heavy atom. The van der Waals surface area contributed by atoms with Crippen LogP contribution in [-0.4, -0.2) is 67.7 Å². The van der Waals surface area contributed by atoms with Gasteiger partial charge in [0.15, 0.2) is 5.25 Å². The number of carbonyl (C=O) groups excluding carboxylic acids is 3. The van der Waals surface area contributed by atoms with Gasteiger partial charge in [-0.3, -0.25) is 18.9 Å². The average Bonchev–Trinajstić information content (AvgIpc) is 3.05. The lowest BCUT2D eigenvalue weighted by Gasteiger charge is -2.29. The number of carbonyl (C=O) groups is 3. The molecule has 0 saturated carbocycles. The van der Waals surface area contributed by atoms with E-state index in [0.29, 0.717) is 6.42 Å². The van der Waals surface area contributed by atoms with Crippen LogP contribution in [0.1, 0.15) is 142 Å². The van der Waals surface area contributed by atoms with Crippen LogP contribution in [0.15, 0.2) is 12.2 Å². The van der Waals surface area contributed by atoms with Crippen molar-refractivity contribution in [3.63, 3.8) is 0 Å². The number of ether oxygens (including phenoxy) is 3. The summed E-state index contributed by atoms with van der Waals surface area (Å²) in [5.74, 6) is -2.89. The molecule has 10 nitrogen and oxygen atoms in total. The molecule has 44 heavy (non-hydrogen) atoms. The van der Waals surface area contributed by atoms with E-state index in [2.05, 4.69) is 19.1 Å². The van der Waals surface area contributed by atoms with E-state index in [4.69, 9.17) is 14.2 Å². The van der Waals surface area contributed by atoms with Gasteiger partial charge in [-0.25, -0.2) is 0 Å². The minimum absolute atomic E-state index is 0.195. The maximum absolute atomic E-state index is 12.2. The second-order valence-corrected chi connectivity index (χ2v) is 13.8. The maximum atomic E-state index is 12.2. The van der Waals surface area contributed by atoms with Gasteiger partial charge in [0, 0.05) is 6.42 Å². The summed E-state index contributed by atoms with van der Waals surface area (Å²) in [5, 5.41) is 7.76. The van der Waals surface area contributed by atoms with Gasteiger partial charge < -0.3 is 19.3 Å². The Bertz CT molecular complexity index is 933. The third-order valence-corrected chi connectivity index (χ3v) is 9.13. The highest BCUT2D eigenvalue weighted by molar-refractivity contribution is 7.87. The van der Waals surface area contributed by atoms with E-state index in [1.54, 1.807) is 0 Å². The van der Waals surface area contributed by atoms with E-state index in [1.165, 1.54) is 96.3 Å². The first-order chi connectivity index (χ1) is 21.1. The molecule has 1 rings (SSSR count). The number of aliphatic hydroxyl groups is 1. The molecule has 1 aliphatic heterocycles. The Labute approximate surface area is 265 Å². The molecule has 0 aliphatic carbocycles. The number of allylic oxidation sites excluding steroid dienone is 2. The minimum atomic E-state index is -4.89. The molecule has 0 aromatic carbocycles. The largest absolute Gasteiger partial charge is 0.465 e. The van der Waals surface area contributed by atoms with Crippen molar-refractivity contribution in [3.8, 4) is 0 Å². The molecule has 0 amide bonds. The zero-order chi connectivity index (χ0) is 32.5. The number of hydrogen-bond donors (Lipinski definition) is 2. The third-order valence-electron chi connectivity index (χ3n) is 8.05. The molecule has 1 saturated heterocycles. The van der Waals surface area contributed by atoms with Gasteiger partial charge >= 0.3 is 17.9 Å². The van der Waals surface area contributed by atoms with Gasteiger partial charge in [0.2, 0.25) is 0 Å². The normalized spacial score (nSPS) is 19.7. The lowest BCUT2D eigenvalue weighted by molar-refractivity contribution is -0.161. The van der Waals surface area contributed by atoms with Crippen LogP contribution in [0.4, 0.5) is 0 Å². The first-order valence-electron chi connectivity index (χ1n) is 16.8. The first-order valence-corrected chi connectivity index (χ1v) is 18.3. The smallest absolute Gasteiger partial charge is 0.327 e. The highest BCUT2D eigenvalue weighted by Crippen LogP contribution is 2.23. The van der Waals surface area contributed by atoms with Gasteiger partial charge in [0.1, 0.15) is 19.8 Å². The molecular weight excluding hydrogens is 588 g/mol. The summed E-state index contributed by atoms with van der Waals surface area (Å²) in [4.78, 5) is 36.3. The van der Waals surface area contributed by atoms with E-state index in [-0.39, 0.29) is 13.0 Å². The Morgan fingerprint density at radius 3 is 1.80 bits per heavy atom. The van der Waals surface area contributed by atoms with Gasteiger partial charge in [-0.15, -0.1) is 0 Å². The van der Waals surface area contributed by atoms with Crippen LogP contribution in [-0.2, 0) is 38.7 Å². The van der Waals surface area contributed by atoms with Crippen LogP contribution in [0.5, 0.6) is 0 Å². The van der Waals surface area contributed by atoms with Gasteiger partial charge in [-0.1, -0.05) is 109 Å². The van der Waals surface area contributed by atoms with Crippen molar-refractivity contribution in [3.05, 3.63) is 12.2 Å². The van der Waals surface area contributed by atoms with E-state index in [0.717, 1.165) is 19.3 Å². The van der Waals surface area contributed by atoms with E-state index >= 15 is 0 Å². The second kappa shape index (κ2) is 24.3. The molecule has 2 atom stereocenters. The fourth-order valence-corrected chi connectivity index (χ4v) is 5.70. The van der Waals surface area contributed by atoms with Crippen molar-refractivity contribution in [1.29, 1.82) is 0 Å². The minimum Gasteiger partial charge on any atom is -0.465 e. The fraction of sp³-hybridized carbons (Fsp3) is 0.848. The van der Waals surface area contributed by atoms with Crippen LogP contribution in [0, 0.1) is 5.41 Å². The van der Waals surface area contributed by atoms with Crippen LogP contribution < -0.4 is 0 Å². The summed E-state index contributed by atoms with van der Waals surface area (Å²) in [5.41, 5.74) is -1.43. The van der Waals surface area contributed by atoms with Gasteiger partial charge in [0.25, 0.3) is 10.1 Å². The SMILES string of the molecule is CCCCCCCC/C=C\CCCCCCCCCCCCCC(=O)OCC1(CO)COC(=O)CC(S(=O)(=O)O)C(=O)OC1. The van der Waals surface area contributed by atoms with E-state index < -0.39 is 64.9 Å². The van der Waals surface area contributed by atoms with Crippen molar-refractivity contribution >= 4 is 28.0 Å². The van der Waals surface area contributed by atoms with Gasteiger partial charge in [-0.05, 0) is 32.1 Å². The molecule has 1 aliphatic rings. The van der Waals surface area contributed by atoms with Crippen LogP contribution in [0.25, 0.3) is 0 Å². The predicted octanol–water partition coefficient (Wildman–Crippen LogP) is 6.63. The highest BCUT2D eigenvalue weighted by Gasteiger charge is 2.42. The topological polar surface area (TPSA) is 154 Å². The quantitative estimate of drug-likeness (QED) is 0.0363. The zero-order valence-corrected chi connectivity index (χ0v) is 27.8. The van der Waals surface area contributed by atoms with Crippen molar-refractivity contribution in [2.45, 2.75) is 147 Å². The molecule has 0 radical (unpaired) electrons. The molecular formula is C33H58O10S. The van der Waals surface area contributed by atoms with Crippen LogP contribution >= 0.6 is 0 Å². The zero-order valence-electron chi connectivity index (χ0n) is 27.0. The molecule has 1 fully saturated rings. The Hall–Kier alpha value is -1.98. The number of rotatable bonds is 25. The standard InChI is InChI=1S/C33H58O10S/c1-2-3-4-5-6-7-8-9-10-11-12-13-14-15-16-17-18-19-20-21-22-23-30(35)41-26-33(25-34)27-42-31(36)24-29(44(38,39)40)32(37)43-28-33/h9-10,29,34H,2-8,11-28H2,1H3,(H,38,39,40)/b10-9-. The number of cyclic esters (lactones) is 2. The van der Waals surface area contributed by atoms with Crippen LogP contribution in [0.2, 0.25) is 0 Å². The Kier molecular flexibility index (Phi) is 22.1. The van der Waals surface area contributed by atoms with Crippen molar-refractivity contribution < 1.29 is 46.7 Å². The second-order valence-electron chi connectivity index (χ2n) is 12.3. The molecule has 11 heteroatoms. The molecule has 0 aromatic rings. The molecule has 2 unspecified atom stereocenters. The number of hydrogen-bond acceptors (Lipinski definition) is 9. The van der Waals surface area contributed by atoms with Crippen molar-refractivity contribution in [2.24, 2.45) is 5.41 Å². The summed E-state index contributed by atoms with van der Waals surface area (Å²) in [7, 11) is -4.89. The molecule has 0 bridgehead atoms. The van der Waals surface area contributed by atoms with E-state index in [9.17, 15) is 32.5 Å². The Balaban J connectivity index is 2.06. The number of unbranched alkanes of at least 4 members (excludes halogenated alkanes) is 17. The van der Waals surface area contributed by atoms with Crippen molar-refractivity contribution in [2.75, 3.05) is 26.4 Å². The maximum Gasteiger partial charge on any atom is 0.327 e. The molecule has 0 aromatic heterocycles. The lowest BCUT2D eigenvalue weighted by atomic mass is 9.92. The van der Waals surface area contributed by atoms with Crippen molar-refractivity contribution in [1.82, 2.24) is 0 Å². The Morgan fingerprint density at radius 1 is 0.818 bits per heavy atom. The molecule has 256 valence electrons. The third kappa shape index (κ3) is 19.4. The fourth-order valence-electron chi connectivity index (χ4n) is 5.04. The average molecular weight is 647 g/mol. The van der Waals surface area contributed by atoms with Gasteiger partial charge in [0.05, 0.1) is 18.4 Å². The highest BCUT2D eigenvalue weighted by atomic mass is 32.2. The predicted molar refractivity (Wildman–Crippen MR) is 170 cm³/mol. The first kappa shape index (κ1) is 40.0. The monoisotopic (exact) mass is 646 g/mol. The number of esters is 3. The lowest BCUT2D eigenvalue weighted by Crippen LogP contribution is -2.42. The summed E-state index contributed by atoms with van der Waals surface area (Å²) >= 11 is 0. The summed E-state index contributed by atoms with van der Waals surface area (Å²) in [6.45, 7) is 0.234. The molecule has 2 N–H and O–H groups in total. The van der Waals surface area contributed by atoms with E-state index in [1.807, 2.05) is 0 Å². The molecule has 1 heterocycles. The van der Waals surface area contributed by atoms with Crippen LogP contribution in [0.3, 0.4) is 0 Å². The van der Waals surface area contributed by atoms with Gasteiger partial charge in [-0.2, -0.15) is 8.42 Å². The summed E-state index contributed by atoms with van der Waals surface area (Å²) in [6, 6.07) is 0. The molecule has 0 spiro atoms. The number of aliphatic hydroxyl groups excluding tert-OH is 1. The summed E-state index contributed by atoms with van der Waals surface area (Å²) in [6.07, 6.45) is 27.2.